The molecule has 0 aliphatic rings. The molecule has 0 spiro atoms. The summed E-state index contributed by atoms with van der Waals surface area (Å²) < 4.78 is 10.7. The molecule has 0 atom stereocenters. The van der Waals surface area contributed by atoms with Crippen molar-refractivity contribution in [2.75, 3.05) is 6.61 Å². The van der Waals surface area contributed by atoms with Gasteiger partial charge in [-0.25, -0.2) is 4.79 Å². The van der Waals surface area contributed by atoms with E-state index in [-0.39, 0.29) is 5.75 Å². The van der Waals surface area contributed by atoms with Crippen LogP contribution in [0.1, 0.15) is 42.1 Å². The number of carbonyl (C=O) groups excluding carboxylic acids is 1. The Kier molecular flexibility index (Phi) is 6.73. The summed E-state index contributed by atoms with van der Waals surface area (Å²) in [5.74, 6) is -0.0762. The normalized spacial score (nSPS) is 9.92. The van der Waals surface area contributed by atoms with Crippen LogP contribution < -0.4 is 14.9 Å². The molecule has 0 bridgehead atoms. The molecular weight excluding hydrogens is 318 g/mol. The Hall–Kier alpha value is -3.13. The maximum absolute atomic E-state index is 12.2. The van der Waals surface area contributed by atoms with Crippen molar-refractivity contribution in [1.29, 1.82) is 5.26 Å². The highest BCUT2D eigenvalue weighted by Gasteiger charge is 2.10. The van der Waals surface area contributed by atoms with Crippen molar-refractivity contribution in [3.8, 4) is 17.6 Å². The molecule has 0 fully saturated rings. The maximum atomic E-state index is 12.2. The Morgan fingerprint density at radius 3 is 2.44 bits per heavy atom. The van der Waals surface area contributed by atoms with Crippen molar-refractivity contribution in [1.82, 2.24) is 0 Å². The number of hydrogen-bond acceptors (Lipinski definition) is 5. The number of ether oxygens (including phenoxy) is 2. The highest BCUT2D eigenvalue weighted by molar-refractivity contribution is 5.91. The summed E-state index contributed by atoms with van der Waals surface area (Å²) >= 11 is 0. The predicted molar refractivity (Wildman–Crippen MR) is 93.8 cm³/mol. The van der Waals surface area contributed by atoms with E-state index in [1.165, 1.54) is 24.3 Å². The standard InChI is InChI=1S/C20H19NO4/c1-2-3-4-13-24-17-9-7-16(8-10-17)20(23)25-19-12-6-15(14-21)5-11-18(19)22/h5-12H,2-4,13H2,1H3. The van der Waals surface area contributed by atoms with E-state index in [4.69, 9.17) is 14.7 Å². The predicted octanol–water partition coefficient (Wildman–Crippen LogP) is 3.71. The topological polar surface area (TPSA) is 76.4 Å². The monoisotopic (exact) mass is 337 g/mol. The zero-order valence-corrected chi connectivity index (χ0v) is 14.0. The summed E-state index contributed by atoms with van der Waals surface area (Å²) in [6.07, 6.45) is 3.23. The van der Waals surface area contributed by atoms with Crippen LogP contribution in [0.25, 0.3) is 0 Å². The van der Waals surface area contributed by atoms with Gasteiger partial charge in [-0.05, 0) is 55.0 Å². The Morgan fingerprint density at radius 1 is 1.04 bits per heavy atom. The molecule has 5 nitrogen and oxygen atoms in total. The van der Waals surface area contributed by atoms with Crippen LogP contribution in [0, 0.1) is 11.3 Å². The summed E-state index contributed by atoms with van der Waals surface area (Å²) in [6.45, 7) is 2.76. The van der Waals surface area contributed by atoms with Gasteiger partial charge >= 0.3 is 5.97 Å². The van der Waals surface area contributed by atoms with Crippen LogP contribution in [0.2, 0.25) is 0 Å². The number of carbonyl (C=O) groups is 1. The molecule has 0 unspecified atom stereocenters. The molecule has 0 amide bonds. The van der Waals surface area contributed by atoms with Crippen LogP contribution in [0.5, 0.6) is 11.5 Å². The van der Waals surface area contributed by atoms with Crippen LogP contribution in [-0.2, 0) is 0 Å². The van der Waals surface area contributed by atoms with E-state index in [1.807, 2.05) is 6.07 Å². The van der Waals surface area contributed by atoms with Gasteiger partial charge in [-0.2, -0.15) is 5.26 Å². The molecule has 0 heterocycles. The lowest BCUT2D eigenvalue weighted by Crippen LogP contribution is -2.13. The first-order chi connectivity index (χ1) is 12.1. The molecule has 2 rings (SSSR count). The summed E-state index contributed by atoms with van der Waals surface area (Å²) in [7, 11) is 0. The SMILES string of the molecule is CCCCCOc1ccc(C(=O)Oc2ccc(C#N)ccc2=O)cc1. The summed E-state index contributed by atoms with van der Waals surface area (Å²) in [5.41, 5.74) is 0.155. The Bertz CT molecular complexity index is 822. The number of benzene rings is 1. The number of unbranched alkanes of at least 4 members (excludes halogenated alkanes) is 2. The number of hydrogen-bond donors (Lipinski definition) is 0. The van der Waals surface area contributed by atoms with Crippen LogP contribution in [-0.4, -0.2) is 12.6 Å². The summed E-state index contributed by atoms with van der Waals surface area (Å²) in [5, 5.41) is 8.84. The van der Waals surface area contributed by atoms with Crippen LogP contribution in [0.15, 0.2) is 53.3 Å². The molecule has 0 aromatic heterocycles. The maximum Gasteiger partial charge on any atom is 0.343 e. The van der Waals surface area contributed by atoms with Crippen molar-refractivity contribution in [2.24, 2.45) is 0 Å². The molecular formula is C20H19NO4. The fourth-order valence-electron chi connectivity index (χ4n) is 2.10. The number of nitriles is 1. The Labute approximate surface area is 146 Å². The third kappa shape index (κ3) is 5.47. The van der Waals surface area contributed by atoms with E-state index in [0.717, 1.165) is 19.3 Å². The van der Waals surface area contributed by atoms with E-state index < -0.39 is 11.4 Å². The lowest BCUT2D eigenvalue weighted by Gasteiger charge is -2.06. The van der Waals surface area contributed by atoms with Crippen molar-refractivity contribution >= 4 is 5.97 Å². The summed E-state index contributed by atoms with van der Waals surface area (Å²) in [6, 6.07) is 13.8. The first kappa shape index (κ1) is 18.2. The highest BCUT2D eigenvalue weighted by atomic mass is 16.5. The molecule has 5 heteroatoms. The van der Waals surface area contributed by atoms with Crippen molar-refractivity contribution in [3.05, 3.63) is 69.9 Å². The van der Waals surface area contributed by atoms with Gasteiger partial charge in [0.1, 0.15) is 5.75 Å². The van der Waals surface area contributed by atoms with E-state index in [1.54, 1.807) is 24.3 Å². The minimum Gasteiger partial charge on any atom is -0.494 e. The van der Waals surface area contributed by atoms with Gasteiger partial charge in [0.15, 0.2) is 5.75 Å². The lowest BCUT2D eigenvalue weighted by molar-refractivity contribution is 0.0733. The van der Waals surface area contributed by atoms with E-state index in [9.17, 15) is 9.59 Å². The van der Waals surface area contributed by atoms with Gasteiger partial charge in [-0.1, -0.05) is 19.8 Å². The van der Waals surface area contributed by atoms with Gasteiger partial charge in [-0.15, -0.1) is 0 Å². The summed E-state index contributed by atoms with van der Waals surface area (Å²) in [4.78, 5) is 24.0. The van der Waals surface area contributed by atoms with Crippen LogP contribution in [0.4, 0.5) is 0 Å². The quantitative estimate of drug-likeness (QED) is 0.568. The second-order valence-electron chi connectivity index (χ2n) is 5.43. The molecule has 2 aromatic rings. The first-order valence-electron chi connectivity index (χ1n) is 8.13. The van der Waals surface area contributed by atoms with Gasteiger partial charge in [0.2, 0.25) is 5.43 Å². The molecule has 0 aliphatic heterocycles. The van der Waals surface area contributed by atoms with E-state index in [0.29, 0.717) is 23.5 Å². The van der Waals surface area contributed by atoms with Crippen LogP contribution >= 0.6 is 0 Å². The average molecular weight is 337 g/mol. The molecule has 2 aromatic carbocycles. The molecule has 25 heavy (non-hydrogen) atoms. The molecule has 0 saturated heterocycles. The average Bonchev–Trinajstić information content (AvgIpc) is 2.81. The Morgan fingerprint density at radius 2 is 1.76 bits per heavy atom. The minimum absolute atomic E-state index is 0.119. The third-order valence-corrected chi connectivity index (χ3v) is 3.51. The minimum atomic E-state index is -0.639. The number of rotatable bonds is 7. The van der Waals surface area contributed by atoms with Gasteiger partial charge in [-0.3, -0.25) is 4.79 Å². The molecule has 0 radical (unpaired) electrons. The second-order valence-corrected chi connectivity index (χ2v) is 5.43. The lowest BCUT2D eigenvalue weighted by atomic mass is 10.2. The smallest absolute Gasteiger partial charge is 0.343 e. The van der Waals surface area contributed by atoms with E-state index in [2.05, 4.69) is 6.92 Å². The molecule has 0 saturated carbocycles. The van der Waals surface area contributed by atoms with Gasteiger partial charge in [0, 0.05) is 0 Å². The zero-order chi connectivity index (χ0) is 18.1. The molecule has 128 valence electrons. The van der Waals surface area contributed by atoms with Gasteiger partial charge < -0.3 is 9.47 Å². The second kappa shape index (κ2) is 9.24. The van der Waals surface area contributed by atoms with Crippen molar-refractivity contribution in [2.45, 2.75) is 26.2 Å². The molecule has 0 aliphatic carbocycles. The van der Waals surface area contributed by atoms with Crippen molar-refractivity contribution < 1.29 is 14.3 Å². The molecule has 0 N–H and O–H groups in total. The largest absolute Gasteiger partial charge is 0.494 e. The highest BCUT2D eigenvalue weighted by Crippen LogP contribution is 2.15. The fourth-order valence-corrected chi connectivity index (χ4v) is 2.10. The number of esters is 1. The van der Waals surface area contributed by atoms with E-state index >= 15 is 0 Å². The fraction of sp³-hybridized carbons (Fsp3) is 0.250. The Balaban J connectivity index is 2.03. The number of nitrogens with zero attached hydrogens (tertiary/aromatic N) is 1. The first-order valence-corrected chi connectivity index (χ1v) is 8.13. The van der Waals surface area contributed by atoms with Gasteiger partial charge in [0.25, 0.3) is 0 Å². The third-order valence-electron chi connectivity index (χ3n) is 3.51. The zero-order valence-electron chi connectivity index (χ0n) is 14.0. The van der Waals surface area contributed by atoms with Gasteiger partial charge in [0.05, 0.1) is 23.8 Å². The van der Waals surface area contributed by atoms with Crippen LogP contribution in [0.3, 0.4) is 0 Å². The van der Waals surface area contributed by atoms with Crippen molar-refractivity contribution in [3.63, 3.8) is 0 Å².